The van der Waals surface area contributed by atoms with Crippen LogP contribution in [-0.2, 0) is 20.9 Å². The minimum Gasteiger partial charge on any atom is -0.494 e. The molecule has 2 N–H and O–H groups in total. The molecular weight excluding hydrogens is 816 g/mol. The van der Waals surface area contributed by atoms with E-state index in [4.69, 9.17) is 21.3 Å². The topological polar surface area (TPSA) is 150 Å². The lowest BCUT2D eigenvalue weighted by atomic mass is 9.77. The highest BCUT2D eigenvalue weighted by atomic mass is 35.5. The van der Waals surface area contributed by atoms with Crippen molar-refractivity contribution in [1.82, 2.24) is 30.1 Å². The zero-order chi connectivity index (χ0) is 43.3. The number of hydrogen-bond acceptors (Lipinski definition) is 9. The van der Waals surface area contributed by atoms with Crippen molar-refractivity contribution in [3.63, 3.8) is 0 Å². The molecule has 9 rings (SSSR count). The number of pyridine rings is 1. The van der Waals surface area contributed by atoms with Crippen LogP contribution in [0, 0.1) is 5.41 Å². The van der Waals surface area contributed by atoms with Gasteiger partial charge in [0.25, 0.3) is 5.91 Å². The van der Waals surface area contributed by atoms with Gasteiger partial charge in [0.15, 0.2) is 0 Å². The molecule has 4 amide bonds. The van der Waals surface area contributed by atoms with E-state index in [0.717, 1.165) is 60.1 Å². The molecule has 63 heavy (non-hydrogen) atoms. The fourth-order valence-electron chi connectivity index (χ4n) is 9.36. The zero-order valence-corrected chi connectivity index (χ0v) is 36.0. The number of aromatic nitrogens is 3. The summed E-state index contributed by atoms with van der Waals surface area (Å²) < 4.78 is 6.03. The molecule has 14 heteroatoms. The predicted molar refractivity (Wildman–Crippen MR) is 242 cm³/mol. The average molecular weight is 867 g/mol. The number of benzene rings is 3. The maximum absolute atomic E-state index is 14.0. The number of ether oxygens (including phenoxy) is 1. The number of fused-ring (bicyclic) bond motifs is 1. The second-order valence-electron chi connectivity index (χ2n) is 17.0. The minimum absolute atomic E-state index is 0.0165. The first-order valence-corrected chi connectivity index (χ1v) is 22.4. The molecule has 0 radical (unpaired) electrons. The highest BCUT2D eigenvalue weighted by Gasteiger charge is 2.49. The van der Waals surface area contributed by atoms with Crippen LogP contribution >= 0.6 is 11.6 Å². The second-order valence-corrected chi connectivity index (χ2v) is 17.4. The quantitative estimate of drug-likeness (QED) is 0.105. The fourth-order valence-corrected chi connectivity index (χ4v) is 9.56. The van der Waals surface area contributed by atoms with Gasteiger partial charge >= 0.3 is 0 Å². The van der Waals surface area contributed by atoms with E-state index in [0.29, 0.717) is 105 Å². The second kappa shape index (κ2) is 18.6. The lowest BCUT2D eigenvalue weighted by Crippen LogP contribution is -2.48. The molecule has 1 atom stereocenters. The number of amides is 4. The number of halogens is 1. The van der Waals surface area contributed by atoms with Crippen LogP contribution < -0.4 is 20.3 Å². The van der Waals surface area contributed by atoms with E-state index in [9.17, 15) is 19.2 Å². The van der Waals surface area contributed by atoms with Gasteiger partial charge in [-0.05, 0) is 85.5 Å². The summed E-state index contributed by atoms with van der Waals surface area (Å²) in [5.41, 5.74) is 6.18. The number of piperidine rings is 2. The number of rotatable bonds is 14. The van der Waals surface area contributed by atoms with Gasteiger partial charge in [0, 0.05) is 56.7 Å². The number of carbonyl (C=O) groups excluding carboxylic acids is 4. The number of anilines is 3. The molecule has 2 aromatic heterocycles. The molecule has 1 unspecified atom stereocenters. The standard InChI is InChI=1S/C49H51ClN8O5/c50-42-31-53-48(55-45(42)35-12-8-11-34(25-35)33-9-4-3-5-10-33)54-37-27-39(29-51-28-37)57-23-20-49(47(57)62)18-21-56(22-19-49)44(60)13-6-1-2-7-24-63-40-15-16-41-36(26-40)32-58(46(41)61)38-14-17-43(59)52-30-38/h3-5,8-12,15-16,25-29,31,38H,1-2,6-7,13-14,17-24,30,32H2,(H,52,59)(H,53,54,55). The van der Waals surface area contributed by atoms with Crippen molar-refractivity contribution in [2.75, 3.05) is 43.0 Å². The molecular formula is C49H51ClN8O5. The first kappa shape index (κ1) is 42.0. The molecule has 3 saturated heterocycles. The van der Waals surface area contributed by atoms with Gasteiger partial charge in [0.2, 0.25) is 23.7 Å². The predicted octanol–water partition coefficient (Wildman–Crippen LogP) is 8.21. The Hall–Kier alpha value is -6.34. The molecule has 0 saturated carbocycles. The van der Waals surface area contributed by atoms with Gasteiger partial charge in [0.1, 0.15) is 5.75 Å². The Balaban J connectivity index is 0.707. The Bertz CT molecular complexity index is 2500. The van der Waals surface area contributed by atoms with E-state index in [2.05, 4.69) is 44.9 Å². The molecule has 4 aliphatic rings. The van der Waals surface area contributed by atoms with Gasteiger partial charge in [-0.2, -0.15) is 0 Å². The van der Waals surface area contributed by atoms with Crippen LogP contribution in [0.5, 0.6) is 5.75 Å². The largest absolute Gasteiger partial charge is 0.494 e. The van der Waals surface area contributed by atoms with Crippen molar-refractivity contribution < 1.29 is 23.9 Å². The van der Waals surface area contributed by atoms with Gasteiger partial charge in [-0.3, -0.25) is 24.2 Å². The molecule has 1 spiro atoms. The van der Waals surface area contributed by atoms with E-state index in [-0.39, 0.29) is 29.7 Å². The zero-order valence-electron chi connectivity index (χ0n) is 35.2. The number of hydrogen-bond donors (Lipinski definition) is 2. The first-order chi connectivity index (χ1) is 30.7. The molecule has 3 aromatic carbocycles. The fraction of sp³-hybridized carbons (Fsp3) is 0.367. The average Bonchev–Trinajstić information content (AvgIpc) is 3.81. The molecule has 3 fully saturated rings. The van der Waals surface area contributed by atoms with Crippen molar-refractivity contribution in [2.45, 2.75) is 76.8 Å². The maximum Gasteiger partial charge on any atom is 0.254 e. The molecule has 4 aliphatic heterocycles. The van der Waals surface area contributed by atoms with Crippen LogP contribution in [0.2, 0.25) is 5.02 Å². The number of carbonyl (C=O) groups is 4. The smallest absolute Gasteiger partial charge is 0.254 e. The third-order valence-corrected chi connectivity index (χ3v) is 13.3. The SMILES string of the molecule is O=C1CCC(N2Cc3cc(OCCCCCCC(=O)N4CCC5(CC4)CCN(c4cncc(Nc6ncc(Cl)c(-c7cccc(-c8ccccc8)c7)n6)c4)C5=O)ccc3C2=O)CN1. The van der Waals surface area contributed by atoms with Crippen LogP contribution in [-0.4, -0.2) is 87.2 Å². The van der Waals surface area contributed by atoms with E-state index < -0.39 is 5.41 Å². The molecule has 6 heterocycles. The summed E-state index contributed by atoms with van der Waals surface area (Å²) >= 11 is 6.60. The summed E-state index contributed by atoms with van der Waals surface area (Å²) in [6.45, 7) is 3.36. The Morgan fingerprint density at radius 3 is 2.48 bits per heavy atom. The maximum atomic E-state index is 14.0. The lowest BCUT2D eigenvalue weighted by molar-refractivity contribution is -0.137. The number of nitrogens with one attached hydrogen (secondary N) is 2. The van der Waals surface area contributed by atoms with Crippen LogP contribution in [0.15, 0.2) is 97.5 Å². The summed E-state index contributed by atoms with van der Waals surface area (Å²) in [5.74, 6) is 1.42. The normalized spacial score (nSPS) is 18.1. The minimum atomic E-state index is -0.481. The first-order valence-electron chi connectivity index (χ1n) is 22.1. The number of likely N-dealkylation sites (tertiary alicyclic amines) is 1. The van der Waals surface area contributed by atoms with Crippen molar-refractivity contribution in [3.8, 4) is 28.1 Å². The highest BCUT2D eigenvalue weighted by Crippen LogP contribution is 2.43. The molecule has 5 aromatic rings. The Labute approximate surface area is 372 Å². The van der Waals surface area contributed by atoms with Gasteiger partial charge in [-0.1, -0.05) is 73.0 Å². The lowest BCUT2D eigenvalue weighted by Gasteiger charge is -2.38. The van der Waals surface area contributed by atoms with E-state index in [1.165, 1.54) is 0 Å². The summed E-state index contributed by atoms with van der Waals surface area (Å²) in [6, 6.07) is 25.8. The summed E-state index contributed by atoms with van der Waals surface area (Å²) in [5, 5.41) is 6.57. The summed E-state index contributed by atoms with van der Waals surface area (Å²) in [7, 11) is 0. The Kier molecular flexibility index (Phi) is 12.4. The third kappa shape index (κ3) is 9.25. The Morgan fingerprint density at radius 2 is 1.65 bits per heavy atom. The summed E-state index contributed by atoms with van der Waals surface area (Å²) in [4.78, 5) is 71.0. The van der Waals surface area contributed by atoms with Crippen molar-refractivity contribution >= 4 is 52.6 Å². The molecule has 0 aliphatic carbocycles. The van der Waals surface area contributed by atoms with E-state index >= 15 is 0 Å². The molecule has 13 nitrogen and oxygen atoms in total. The molecule has 0 bridgehead atoms. The van der Waals surface area contributed by atoms with Gasteiger partial charge in [-0.15, -0.1) is 0 Å². The third-order valence-electron chi connectivity index (χ3n) is 13.0. The van der Waals surface area contributed by atoms with Crippen molar-refractivity contribution in [2.24, 2.45) is 5.41 Å². The van der Waals surface area contributed by atoms with Gasteiger partial charge in [0.05, 0.1) is 58.7 Å². The van der Waals surface area contributed by atoms with Crippen molar-refractivity contribution in [1.29, 1.82) is 0 Å². The number of nitrogens with zero attached hydrogens (tertiary/aromatic N) is 6. The van der Waals surface area contributed by atoms with Crippen LogP contribution in [0.3, 0.4) is 0 Å². The number of unbranched alkanes of at least 4 members (excludes halogenated alkanes) is 3. The highest BCUT2D eigenvalue weighted by molar-refractivity contribution is 6.33. The van der Waals surface area contributed by atoms with Crippen LogP contribution in [0.1, 0.15) is 80.1 Å². The monoisotopic (exact) mass is 866 g/mol. The van der Waals surface area contributed by atoms with Crippen molar-refractivity contribution in [3.05, 3.63) is 114 Å². The Morgan fingerprint density at radius 1 is 0.857 bits per heavy atom. The van der Waals surface area contributed by atoms with Crippen LogP contribution in [0.25, 0.3) is 22.4 Å². The van der Waals surface area contributed by atoms with E-state index in [1.54, 1.807) is 18.6 Å². The van der Waals surface area contributed by atoms with E-state index in [1.807, 2.05) is 69.3 Å². The summed E-state index contributed by atoms with van der Waals surface area (Å²) in [6.07, 6.45) is 12.2. The van der Waals surface area contributed by atoms with Gasteiger partial charge < -0.3 is 30.1 Å². The van der Waals surface area contributed by atoms with Gasteiger partial charge in [-0.25, -0.2) is 9.97 Å². The molecule has 324 valence electrons. The van der Waals surface area contributed by atoms with Crippen LogP contribution in [0.4, 0.5) is 17.3 Å².